The van der Waals surface area contributed by atoms with Gasteiger partial charge in [0.2, 0.25) is 5.91 Å². The molecule has 0 bridgehead atoms. The van der Waals surface area contributed by atoms with E-state index in [0.717, 1.165) is 37.9 Å². The molecule has 0 saturated heterocycles. The van der Waals surface area contributed by atoms with Gasteiger partial charge in [0.25, 0.3) is 0 Å². The number of nitrogens with two attached hydrogens (primary N) is 1. The Balaban J connectivity index is 2.17. The third-order valence-corrected chi connectivity index (χ3v) is 4.02. The number of hydrogen-bond donors (Lipinski definition) is 1. The van der Waals surface area contributed by atoms with E-state index >= 15 is 0 Å². The normalized spacial score (nSPS) is 17.9. The summed E-state index contributed by atoms with van der Waals surface area (Å²) in [6.45, 7) is 4.94. The molecule has 0 radical (unpaired) electrons. The summed E-state index contributed by atoms with van der Waals surface area (Å²) in [5.74, 6) is 0.277. The van der Waals surface area contributed by atoms with Crippen molar-refractivity contribution in [1.29, 1.82) is 0 Å². The van der Waals surface area contributed by atoms with Crippen molar-refractivity contribution in [3.05, 3.63) is 29.3 Å². The number of fused-ring (bicyclic) bond motifs is 1. The van der Waals surface area contributed by atoms with E-state index in [1.807, 2.05) is 19.1 Å². The van der Waals surface area contributed by atoms with E-state index in [1.54, 1.807) is 0 Å². The Hall–Kier alpha value is -1.51. The van der Waals surface area contributed by atoms with Crippen LogP contribution in [0.25, 0.3) is 0 Å². The lowest BCUT2D eigenvalue weighted by Gasteiger charge is -2.35. The Morgan fingerprint density at radius 2 is 2.21 bits per heavy atom. The van der Waals surface area contributed by atoms with Crippen molar-refractivity contribution >= 4 is 11.6 Å². The highest BCUT2D eigenvalue weighted by atomic mass is 16.2. The number of benzene rings is 1. The van der Waals surface area contributed by atoms with Crippen LogP contribution in [0, 0.1) is 0 Å². The molecule has 0 fully saturated rings. The average Bonchev–Trinajstić information content (AvgIpc) is 2.44. The van der Waals surface area contributed by atoms with Crippen LogP contribution in [0.5, 0.6) is 0 Å². The van der Waals surface area contributed by atoms with Crippen molar-refractivity contribution in [1.82, 2.24) is 4.90 Å². The summed E-state index contributed by atoms with van der Waals surface area (Å²) in [5.41, 5.74) is 9.54. The van der Waals surface area contributed by atoms with Crippen LogP contribution in [0.15, 0.2) is 18.2 Å². The number of nitrogens with zero attached hydrogens (tertiary/aromatic N) is 1. The summed E-state index contributed by atoms with van der Waals surface area (Å²) in [5, 5.41) is 0. The second-order valence-electron chi connectivity index (χ2n) is 5.32. The summed E-state index contributed by atoms with van der Waals surface area (Å²) in [6, 6.07) is 6.49. The average molecular weight is 260 g/mol. The van der Waals surface area contributed by atoms with Gasteiger partial charge in [0, 0.05) is 24.7 Å². The van der Waals surface area contributed by atoms with E-state index < -0.39 is 0 Å². The second kappa shape index (κ2) is 6.09. The lowest BCUT2D eigenvalue weighted by Crippen LogP contribution is -2.43. The van der Waals surface area contributed by atoms with Crippen molar-refractivity contribution in [2.75, 3.05) is 12.3 Å². The molecule has 3 heteroatoms. The summed E-state index contributed by atoms with van der Waals surface area (Å²) in [6.07, 6.45) is 4.59. The molecule has 0 saturated carbocycles. The first-order valence-electron chi connectivity index (χ1n) is 7.33. The molecule has 1 aliphatic carbocycles. The molecule has 0 aliphatic heterocycles. The van der Waals surface area contributed by atoms with Gasteiger partial charge in [-0.2, -0.15) is 0 Å². The zero-order valence-electron chi connectivity index (χ0n) is 12.0. The maximum Gasteiger partial charge on any atom is 0.222 e. The van der Waals surface area contributed by atoms with Crippen molar-refractivity contribution in [2.24, 2.45) is 0 Å². The van der Waals surface area contributed by atoms with E-state index in [9.17, 15) is 4.79 Å². The standard InChI is InChI=1S/C16H24N2O/c1-3-10-18(16(19)4-2)13-8-9-14-12(11-13)6-5-7-15(14)17/h5-7,13H,3-4,8-11,17H2,1-2H3. The van der Waals surface area contributed by atoms with Crippen molar-refractivity contribution in [3.8, 4) is 0 Å². The van der Waals surface area contributed by atoms with Gasteiger partial charge in [-0.3, -0.25) is 4.79 Å². The third-order valence-electron chi connectivity index (χ3n) is 4.02. The highest BCUT2D eigenvalue weighted by Gasteiger charge is 2.26. The minimum atomic E-state index is 0.277. The van der Waals surface area contributed by atoms with Crippen LogP contribution in [0.1, 0.15) is 44.2 Å². The molecule has 104 valence electrons. The monoisotopic (exact) mass is 260 g/mol. The fourth-order valence-corrected chi connectivity index (χ4v) is 3.04. The van der Waals surface area contributed by atoms with Gasteiger partial charge in [-0.1, -0.05) is 26.0 Å². The molecule has 1 aromatic carbocycles. The van der Waals surface area contributed by atoms with E-state index in [2.05, 4.69) is 17.9 Å². The number of rotatable bonds is 4. The molecule has 1 atom stereocenters. The third kappa shape index (κ3) is 2.91. The first-order valence-corrected chi connectivity index (χ1v) is 7.33. The van der Waals surface area contributed by atoms with Crippen molar-refractivity contribution < 1.29 is 4.79 Å². The van der Waals surface area contributed by atoms with Gasteiger partial charge in [-0.05, 0) is 42.9 Å². The van der Waals surface area contributed by atoms with Gasteiger partial charge >= 0.3 is 0 Å². The molecule has 2 rings (SSSR count). The number of amides is 1. The van der Waals surface area contributed by atoms with Crippen molar-refractivity contribution in [3.63, 3.8) is 0 Å². The summed E-state index contributed by atoms with van der Waals surface area (Å²) in [7, 11) is 0. The van der Waals surface area contributed by atoms with Crippen molar-refractivity contribution in [2.45, 2.75) is 52.0 Å². The molecule has 0 heterocycles. The van der Waals surface area contributed by atoms with Crippen LogP contribution in [0.3, 0.4) is 0 Å². The number of nitrogen functional groups attached to an aromatic ring is 1. The number of hydrogen-bond acceptors (Lipinski definition) is 2. The molecule has 1 aliphatic rings. The van der Waals surface area contributed by atoms with E-state index in [-0.39, 0.29) is 5.91 Å². The minimum absolute atomic E-state index is 0.277. The molecule has 0 aromatic heterocycles. The SMILES string of the molecule is CCCN(C(=O)CC)C1CCc2c(N)cccc2C1. The van der Waals surface area contributed by atoms with Crippen LogP contribution < -0.4 is 5.73 Å². The van der Waals surface area contributed by atoms with Gasteiger partial charge in [0.1, 0.15) is 0 Å². The Bertz CT molecular complexity index is 456. The minimum Gasteiger partial charge on any atom is -0.398 e. The largest absolute Gasteiger partial charge is 0.398 e. The Morgan fingerprint density at radius 1 is 1.42 bits per heavy atom. The molecule has 1 amide bonds. The fraction of sp³-hybridized carbons (Fsp3) is 0.562. The van der Waals surface area contributed by atoms with Crippen LogP contribution in [-0.2, 0) is 17.6 Å². The number of anilines is 1. The highest BCUT2D eigenvalue weighted by molar-refractivity contribution is 5.76. The van der Waals surface area contributed by atoms with Gasteiger partial charge < -0.3 is 10.6 Å². The van der Waals surface area contributed by atoms with Gasteiger partial charge in [-0.25, -0.2) is 0 Å². The van der Waals surface area contributed by atoms with Gasteiger partial charge in [0.05, 0.1) is 0 Å². The van der Waals surface area contributed by atoms with Crippen LogP contribution in [0.4, 0.5) is 5.69 Å². The molecule has 0 spiro atoms. The van der Waals surface area contributed by atoms with Crippen LogP contribution in [-0.4, -0.2) is 23.4 Å². The maximum atomic E-state index is 12.1. The Labute approximate surface area is 115 Å². The quantitative estimate of drug-likeness (QED) is 0.846. The molecule has 1 unspecified atom stereocenters. The zero-order valence-corrected chi connectivity index (χ0v) is 12.0. The van der Waals surface area contributed by atoms with Crippen LogP contribution >= 0.6 is 0 Å². The molecule has 3 nitrogen and oxygen atoms in total. The highest BCUT2D eigenvalue weighted by Crippen LogP contribution is 2.28. The summed E-state index contributed by atoms with van der Waals surface area (Å²) < 4.78 is 0. The molecule has 19 heavy (non-hydrogen) atoms. The van der Waals surface area contributed by atoms with E-state index in [4.69, 9.17) is 5.73 Å². The zero-order chi connectivity index (χ0) is 13.8. The predicted octanol–water partition coefficient (Wildman–Crippen LogP) is 2.77. The Kier molecular flexibility index (Phi) is 4.46. The molecule has 1 aromatic rings. The predicted molar refractivity (Wildman–Crippen MR) is 79.0 cm³/mol. The smallest absolute Gasteiger partial charge is 0.222 e. The summed E-state index contributed by atoms with van der Waals surface area (Å²) >= 11 is 0. The first kappa shape index (κ1) is 13.9. The number of carbonyl (C=O) groups excluding carboxylic acids is 1. The lowest BCUT2D eigenvalue weighted by atomic mass is 9.86. The fourth-order valence-electron chi connectivity index (χ4n) is 3.04. The summed E-state index contributed by atoms with van der Waals surface area (Å²) in [4.78, 5) is 14.2. The van der Waals surface area contributed by atoms with E-state index in [0.29, 0.717) is 12.5 Å². The molecule has 2 N–H and O–H groups in total. The van der Waals surface area contributed by atoms with E-state index in [1.165, 1.54) is 11.1 Å². The van der Waals surface area contributed by atoms with Gasteiger partial charge in [-0.15, -0.1) is 0 Å². The lowest BCUT2D eigenvalue weighted by molar-refractivity contribution is -0.133. The Morgan fingerprint density at radius 3 is 2.89 bits per heavy atom. The first-order chi connectivity index (χ1) is 9.17. The molecular formula is C16H24N2O. The van der Waals surface area contributed by atoms with Gasteiger partial charge in [0.15, 0.2) is 0 Å². The second-order valence-corrected chi connectivity index (χ2v) is 5.32. The number of carbonyl (C=O) groups is 1. The molecular weight excluding hydrogens is 236 g/mol. The van der Waals surface area contributed by atoms with Crippen LogP contribution in [0.2, 0.25) is 0 Å². The maximum absolute atomic E-state index is 12.1. The topological polar surface area (TPSA) is 46.3 Å².